The Hall–Kier alpha value is -2.54. The zero-order chi connectivity index (χ0) is 21.8. The van der Waals surface area contributed by atoms with Gasteiger partial charge in [-0.2, -0.15) is 0 Å². The van der Waals surface area contributed by atoms with Crippen molar-refractivity contribution >= 4 is 35.1 Å². The second-order valence-electron chi connectivity index (χ2n) is 8.52. The topological polar surface area (TPSA) is 65.5 Å². The van der Waals surface area contributed by atoms with Gasteiger partial charge in [-0.15, -0.1) is 11.8 Å². The van der Waals surface area contributed by atoms with E-state index >= 15 is 0 Å². The molecule has 7 heteroatoms. The maximum absolute atomic E-state index is 12.7. The first-order chi connectivity index (χ1) is 15.0. The number of nitrogens with one attached hydrogen (secondary N) is 1. The molecule has 2 aromatic rings. The molecule has 6 nitrogen and oxygen atoms in total. The number of anilines is 2. The van der Waals surface area contributed by atoms with Crippen LogP contribution in [0.15, 0.2) is 47.5 Å². The molecule has 1 aromatic carbocycles. The molecular weight excluding hydrogens is 408 g/mol. The SMILES string of the molecule is CSc1ccc(N2CC(C(=O)NCc3ccc(N4CCC(C)CC4)nc3)CC2=O)cc1. The summed E-state index contributed by atoms with van der Waals surface area (Å²) in [7, 11) is 0. The van der Waals surface area contributed by atoms with Gasteiger partial charge in [0, 0.05) is 49.4 Å². The fourth-order valence-corrected chi connectivity index (χ4v) is 4.58. The summed E-state index contributed by atoms with van der Waals surface area (Å²) in [5.74, 6) is 1.39. The first kappa shape index (κ1) is 21.7. The second kappa shape index (κ2) is 9.73. The van der Waals surface area contributed by atoms with Crippen LogP contribution in [0.3, 0.4) is 0 Å². The second-order valence-corrected chi connectivity index (χ2v) is 9.40. The van der Waals surface area contributed by atoms with Gasteiger partial charge < -0.3 is 15.1 Å². The van der Waals surface area contributed by atoms with Crippen molar-refractivity contribution in [2.45, 2.75) is 37.6 Å². The van der Waals surface area contributed by atoms with E-state index in [9.17, 15) is 9.59 Å². The molecule has 0 saturated carbocycles. The maximum Gasteiger partial charge on any atom is 0.227 e. The van der Waals surface area contributed by atoms with Crippen molar-refractivity contribution in [1.82, 2.24) is 10.3 Å². The number of hydrogen-bond acceptors (Lipinski definition) is 5. The van der Waals surface area contributed by atoms with Gasteiger partial charge in [-0.3, -0.25) is 9.59 Å². The van der Waals surface area contributed by atoms with Crippen molar-refractivity contribution in [2.75, 3.05) is 35.7 Å². The van der Waals surface area contributed by atoms with E-state index in [-0.39, 0.29) is 24.2 Å². The number of thioether (sulfide) groups is 1. The zero-order valence-corrected chi connectivity index (χ0v) is 19.0. The average molecular weight is 439 g/mol. The molecule has 31 heavy (non-hydrogen) atoms. The number of nitrogens with zero attached hydrogens (tertiary/aromatic N) is 3. The summed E-state index contributed by atoms with van der Waals surface area (Å²) in [5.41, 5.74) is 1.82. The fraction of sp³-hybridized carbons (Fsp3) is 0.458. The molecule has 0 aliphatic carbocycles. The van der Waals surface area contributed by atoms with E-state index in [4.69, 9.17) is 0 Å². The Morgan fingerprint density at radius 1 is 1.16 bits per heavy atom. The van der Waals surface area contributed by atoms with E-state index in [0.717, 1.165) is 41.0 Å². The minimum atomic E-state index is -0.324. The van der Waals surface area contributed by atoms with Gasteiger partial charge in [-0.05, 0) is 60.9 Å². The van der Waals surface area contributed by atoms with Gasteiger partial charge in [-0.25, -0.2) is 4.98 Å². The molecule has 2 fully saturated rings. The molecule has 0 radical (unpaired) electrons. The minimum Gasteiger partial charge on any atom is -0.357 e. The molecule has 0 spiro atoms. The van der Waals surface area contributed by atoms with E-state index in [1.807, 2.05) is 48.9 Å². The largest absolute Gasteiger partial charge is 0.357 e. The van der Waals surface area contributed by atoms with E-state index in [1.54, 1.807) is 16.7 Å². The van der Waals surface area contributed by atoms with Crippen LogP contribution in [0.25, 0.3) is 0 Å². The maximum atomic E-state index is 12.7. The Balaban J connectivity index is 1.29. The zero-order valence-electron chi connectivity index (χ0n) is 18.2. The lowest BCUT2D eigenvalue weighted by atomic mass is 9.99. The first-order valence-electron chi connectivity index (χ1n) is 11.0. The van der Waals surface area contributed by atoms with E-state index < -0.39 is 0 Å². The summed E-state index contributed by atoms with van der Waals surface area (Å²) in [6.45, 7) is 5.26. The Morgan fingerprint density at radius 3 is 2.55 bits per heavy atom. The molecule has 2 aliphatic heterocycles. The third-order valence-corrected chi connectivity index (χ3v) is 7.01. The van der Waals surface area contributed by atoms with Crippen LogP contribution in [0.1, 0.15) is 31.7 Å². The summed E-state index contributed by atoms with van der Waals surface area (Å²) in [5, 5.41) is 2.98. The Bertz CT molecular complexity index is 908. The van der Waals surface area contributed by atoms with Crippen molar-refractivity contribution in [3.8, 4) is 0 Å². The number of hydrogen-bond donors (Lipinski definition) is 1. The van der Waals surface area contributed by atoms with Gasteiger partial charge in [0.2, 0.25) is 11.8 Å². The van der Waals surface area contributed by atoms with Gasteiger partial charge in [0.05, 0.1) is 5.92 Å². The highest BCUT2D eigenvalue weighted by Crippen LogP contribution is 2.27. The predicted molar refractivity (Wildman–Crippen MR) is 125 cm³/mol. The van der Waals surface area contributed by atoms with Gasteiger partial charge in [0.1, 0.15) is 5.82 Å². The Labute approximate surface area is 188 Å². The highest BCUT2D eigenvalue weighted by atomic mass is 32.2. The van der Waals surface area contributed by atoms with Crippen molar-refractivity contribution in [2.24, 2.45) is 11.8 Å². The summed E-state index contributed by atoms with van der Waals surface area (Å²) < 4.78 is 0. The molecule has 4 rings (SSSR count). The highest BCUT2D eigenvalue weighted by Gasteiger charge is 2.35. The molecule has 1 N–H and O–H groups in total. The van der Waals surface area contributed by atoms with Gasteiger partial charge in [0.25, 0.3) is 0 Å². The molecule has 1 aromatic heterocycles. The lowest BCUT2D eigenvalue weighted by molar-refractivity contribution is -0.126. The van der Waals surface area contributed by atoms with Crippen LogP contribution < -0.4 is 15.1 Å². The normalized spacial score (nSPS) is 19.7. The molecule has 1 unspecified atom stereocenters. The van der Waals surface area contributed by atoms with Crippen molar-refractivity contribution < 1.29 is 9.59 Å². The molecule has 2 saturated heterocycles. The van der Waals surface area contributed by atoms with Crippen LogP contribution in [0.4, 0.5) is 11.5 Å². The number of piperidine rings is 1. The molecule has 3 heterocycles. The molecular formula is C24H30N4O2S. The lowest BCUT2D eigenvalue weighted by Gasteiger charge is -2.31. The quantitative estimate of drug-likeness (QED) is 0.697. The standard InChI is InChI=1S/C24H30N4O2S/c1-17-9-11-27(12-10-17)22-8-3-18(14-25-22)15-26-24(30)19-13-23(29)28(16-19)20-4-6-21(31-2)7-5-20/h3-8,14,17,19H,9-13,15-16H2,1-2H3,(H,26,30). The summed E-state index contributed by atoms with van der Waals surface area (Å²) in [4.78, 5) is 34.9. The monoisotopic (exact) mass is 438 g/mol. The van der Waals surface area contributed by atoms with Crippen LogP contribution in [0, 0.1) is 11.8 Å². The summed E-state index contributed by atoms with van der Waals surface area (Å²) in [6.07, 6.45) is 6.53. The number of carbonyl (C=O) groups excluding carboxylic acids is 2. The van der Waals surface area contributed by atoms with Crippen LogP contribution in [-0.2, 0) is 16.1 Å². The van der Waals surface area contributed by atoms with E-state index in [0.29, 0.717) is 13.1 Å². The van der Waals surface area contributed by atoms with Crippen molar-refractivity contribution in [3.63, 3.8) is 0 Å². The number of pyridine rings is 1. The highest BCUT2D eigenvalue weighted by molar-refractivity contribution is 7.98. The molecule has 2 aliphatic rings. The fourth-order valence-electron chi connectivity index (χ4n) is 4.17. The van der Waals surface area contributed by atoms with Crippen LogP contribution in [-0.4, -0.2) is 42.7 Å². The number of carbonyl (C=O) groups is 2. The van der Waals surface area contributed by atoms with E-state index in [1.165, 1.54) is 12.8 Å². The molecule has 1 atom stereocenters. The first-order valence-corrected chi connectivity index (χ1v) is 12.2. The van der Waals surface area contributed by atoms with Crippen molar-refractivity contribution in [3.05, 3.63) is 48.2 Å². The number of aromatic nitrogens is 1. The van der Waals surface area contributed by atoms with Crippen LogP contribution in [0.5, 0.6) is 0 Å². The summed E-state index contributed by atoms with van der Waals surface area (Å²) in [6, 6.07) is 12.0. The van der Waals surface area contributed by atoms with Crippen molar-refractivity contribution in [1.29, 1.82) is 0 Å². The van der Waals surface area contributed by atoms with Gasteiger partial charge in [0.15, 0.2) is 0 Å². The van der Waals surface area contributed by atoms with Crippen LogP contribution >= 0.6 is 11.8 Å². The molecule has 2 amide bonds. The number of rotatable bonds is 6. The molecule has 164 valence electrons. The lowest BCUT2D eigenvalue weighted by Crippen LogP contribution is -2.33. The summed E-state index contributed by atoms with van der Waals surface area (Å²) >= 11 is 1.66. The predicted octanol–water partition coefficient (Wildman–Crippen LogP) is 3.71. The smallest absolute Gasteiger partial charge is 0.227 e. The third-order valence-electron chi connectivity index (χ3n) is 6.26. The van der Waals surface area contributed by atoms with Crippen LogP contribution in [0.2, 0.25) is 0 Å². The average Bonchev–Trinajstić information content (AvgIpc) is 3.20. The Morgan fingerprint density at radius 2 is 1.90 bits per heavy atom. The van der Waals surface area contributed by atoms with E-state index in [2.05, 4.69) is 22.1 Å². The van der Waals surface area contributed by atoms with Gasteiger partial charge in [-0.1, -0.05) is 13.0 Å². The number of benzene rings is 1. The van der Waals surface area contributed by atoms with Gasteiger partial charge >= 0.3 is 0 Å². The molecule has 0 bridgehead atoms. The minimum absolute atomic E-state index is 0.000999. The third kappa shape index (κ3) is 5.21. The Kier molecular flexibility index (Phi) is 6.80. The number of amides is 2.